The fourth-order valence-corrected chi connectivity index (χ4v) is 3.11. The van der Waals surface area contributed by atoms with Crippen molar-refractivity contribution in [2.45, 2.75) is 6.54 Å². The fourth-order valence-electron chi connectivity index (χ4n) is 3.11. The van der Waals surface area contributed by atoms with Gasteiger partial charge in [0.1, 0.15) is 5.69 Å². The van der Waals surface area contributed by atoms with Gasteiger partial charge in [0.05, 0.1) is 24.5 Å². The van der Waals surface area contributed by atoms with Crippen LogP contribution in [0.3, 0.4) is 0 Å². The van der Waals surface area contributed by atoms with Gasteiger partial charge in [-0.25, -0.2) is 0 Å². The summed E-state index contributed by atoms with van der Waals surface area (Å²) in [5.74, 6) is 0. The molecule has 4 heterocycles. The quantitative estimate of drug-likeness (QED) is 0.675. The van der Waals surface area contributed by atoms with Gasteiger partial charge in [0.15, 0.2) is 0 Å². The van der Waals surface area contributed by atoms with Crippen molar-refractivity contribution in [3.05, 3.63) is 78.9 Å². The van der Waals surface area contributed by atoms with Crippen LogP contribution < -0.4 is 4.90 Å². The maximum atomic E-state index is 5.22. The average Bonchev–Trinajstić information content (AvgIpc) is 3.17. The van der Waals surface area contributed by atoms with E-state index in [0.29, 0.717) is 13.2 Å². The number of hydrogen-bond donors (Lipinski definition) is 0. The predicted molar refractivity (Wildman–Crippen MR) is 106 cm³/mol. The summed E-state index contributed by atoms with van der Waals surface area (Å²) in [6, 6.07) is 9.93. The third kappa shape index (κ3) is 3.66. The van der Waals surface area contributed by atoms with E-state index < -0.39 is 0 Å². The van der Waals surface area contributed by atoms with E-state index in [2.05, 4.69) is 39.3 Å². The summed E-state index contributed by atoms with van der Waals surface area (Å²) in [6.45, 7) is 2.06. The van der Waals surface area contributed by atoms with E-state index in [1.807, 2.05) is 47.4 Å². The van der Waals surface area contributed by atoms with Crippen LogP contribution in [0, 0.1) is 0 Å². The van der Waals surface area contributed by atoms with Crippen molar-refractivity contribution in [1.82, 2.24) is 19.7 Å². The molecule has 0 N–H and O–H groups in total. The Hall–Kier alpha value is -3.25. The van der Waals surface area contributed by atoms with Gasteiger partial charge < -0.3 is 9.64 Å². The molecule has 27 heavy (non-hydrogen) atoms. The first-order chi connectivity index (χ1) is 13.4. The maximum absolute atomic E-state index is 5.22. The Morgan fingerprint density at radius 2 is 2.00 bits per heavy atom. The van der Waals surface area contributed by atoms with E-state index in [1.165, 1.54) is 0 Å². The van der Waals surface area contributed by atoms with Gasteiger partial charge >= 0.3 is 0 Å². The minimum absolute atomic E-state index is 0.607. The van der Waals surface area contributed by atoms with Crippen molar-refractivity contribution in [2.24, 2.45) is 0 Å². The molecule has 0 fully saturated rings. The second kappa shape index (κ2) is 7.97. The highest BCUT2D eigenvalue weighted by Gasteiger charge is 2.22. The Morgan fingerprint density at radius 3 is 2.78 bits per heavy atom. The van der Waals surface area contributed by atoms with Crippen molar-refractivity contribution >= 4 is 11.4 Å². The van der Waals surface area contributed by atoms with Crippen LogP contribution in [0.5, 0.6) is 0 Å². The summed E-state index contributed by atoms with van der Waals surface area (Å²) in [5.41, 5.74) is 4.97. The van der Waals surface area contributed by atoms with E-state index >= 15 is 0 Å². The van der Waals surface area contributed by atoms with Crippen molar-refractivity contribution in [1.29, 1.82) is 0 Å². The Balaban J connectivity index is 1.78. The molecule has 136 valence electrons. The van der Waals surface area contributed by atoms with Gasteiger partial charge in [-0.2, -0.15) is 5.10 Å². The van der Waals surface area contributed by atoms with Crippen LogP contribution in [-0.4, -0.2) is 40.0 Å². The Bertz CT molecular complexity index is 947. The van der Waals surface area contributed by atoms with Crippen molar-refractivity contribution in [3.63, 3.8) is 0 Å². The number of rotatable bonds is 6. The normalized spacial score (nSPS) is 13.7. The van der Waals surface area contributed by atoms with Gasteiger partial charge in [0.25, 0.3) is 0 Å². The first kappa shape index (κ1) is 17.2. The molecule has 0 spiro atoms. The number of hydrogen-bond acceptors (Lipinski definition) is 5. The third-order valence-electron chi connectivity index (χ3n) is 4.41. The molecular formula is C21H21N5O. The number of anilines is 1. The van der Waals surface area contributed by atoms with Crippen LogP contribution in [0.4, 0.5) is 5.69 Å². The molecule has 0 atom stereocenters. The van der Waals surface area contributed by atoms with Gasteiger partial charge in [-0.15, -0.1) is 0 Å². The third-order valence-corrected chi connectivity index (χ3v) is 4.41. The molecule has 3 aromatic heterocycles. The smallest absolute Gasteiger partial charge is 0.134 e. The van der Waals surface area contributed by atoms with E-state index in [9.17, 15) is 0 Å². The molecule has 0 amide bonds. The molecule has 0 aromatic carbocycles. The van der Waals surface area contributed by atoms with Crippen LogP contribution in [0.25, 0.3) is 17.1 Å². The van der Waals surface area contributed by atoms with Crippen molar-refractivity contribution < 1.29 is 4.74 Å². The monoisotopic (exact) mass is 359 g/mol. The highest BCUT2D eigenvalue weighted by atomic mass is 16.5. The molecule has 1 aliphatic rings. The summed E-state index contributed by atoms with van der Waals surface area (Å²) >= 11 is 0. The van der Waals surface area contributed by atoms with Crippen molar-refractivity contribution in [2.75, 3.05) is 25.2 Å². The Morgan fingerprint density at radius 1 is 1.11 bits per heavy atom. The summed E-state index contributed by atoms with van der Waals surface area (Å²) < 4.78 is 7.14. The van der Waals surface area contributed by atoms with Gasteiger partial charge in [-0.3, -0.25) is 14.6 Å². The van der Waals surface area contributed by atoms with Gasteiger partial charge in [-0.05, 0) is 30.3 Å². The van der Waals surface area contributed by atoms with Gasteiger partial charge in [0.2, 0.25) is 0 Å². The zero-order valence-electron chi connectivity index (χ0n) is 15.2. The SMILES string of the molecule is COCCn1cc(N2CC=CC=C2c2ccncc2)c(-c2ccccn2)n1. The summed E-state index contributed by atoms with van der Waals surface area (Å²) in [6.07, 6.45) is 13.8. The van der Waals surface area contributed by atoms with Crippen LogP contribution in [-0.2, 0) is 11.3 Å². The second-order valence-electron chi connectivity index (χ2n) is 6.16. The number of pyridine rings is 2. The average molecular weight is 359 g/mol. The molecule has 0 bridgehead atoms. The van der Waals surface area contributed by atoms with E-state index in [-0.39, 0.29) is 0 Å². The lowest BCUT2D eigenvalue weighted by molar-refractivity contribution is 0.183. The lowest BCUT2D eigenvalue weighted by Gasteiger charge is -2.28. The zero-order chi connectivity index (χ0) is 18.5. The molecule has 3 aromatic rings. The number of aromatic nitrogens is 4. The van der Waals surface area contributed by atoms with Gasteiger partial charge in [-0.1, -0.05) is 18.2 Å². The molecule has 6 nitrogen and oxygen atoms in total. The Kier molecular flexibility index (Phi) is 5.07. The lowest BCUT2D eigenvalue weighted by atomic mass is 10.1. The molecule has 6 heteroatoms. The molecule has 0 aliphatic carbocycles. The van der Waals surface area contributed by atoms with Crippen LogP contribution in [0.15, 0.2) is 73.3 Å². The number of methoxy groups -OCH3 is 1. The van der Waals surface area contributed by atoms with Crippen LogP contribution >= 0.6 is 0 Å². The van der Waals surface area contributed by atoms with E-state index in [1.54, 1.807) is 13.3 Å². The topological polar surface area (TPSA) is 56.1 Å². The molecule has 0 saturated heterocycles. The second-order valence-corrected chi connectivity index (χ2v) is 6.16. The van der Waals surface area contributed by atoms with Crippen LogP contribution in [0.1, 0.15) is 5.56 Å². The molecule has 0 radical (unpaired) electrons. The highest BCUT2D eigenvalue weighted by Crippen LogP contribution is 2.34. The highest BCUT2D eigenvalue weighted by molar-refractivity contribution is 5.87. The van der Waals surface area contributed by atoms with Crippen molar-refractivity contribution in [3.8, 4) is 11.4 Å². The first-order valence-electron chi connectivity index (χ1n) is 8.89. The molecule has 4 rings (SSSR count). The minimum atomic E-state index is 0.607. The fraction of sp³-hybridized carbons (Fsp3) is 0.190. The number of ether oxygens (including phenoxy) is 1. The largest absolute Gasteiger partial charge is 0.383 e. The predicted octanol–water partition coefficient (Wildman–Crippen LogP) is 3.40. The first-order valence-corrected chi connectivity index (χ1v) is 8.89. The maximum Gasteiger partial charge on any atom is 0.134 e. The molecule has 0 saturated carbocycles. The summed E-state index contributed by atoms with van der Waals surface area (Å²) in [5, 5.41) is 4.79. The van der Waals surface area contributed by atoms with Gasteiger partial charge in [0, 0.05) is 49.7 Å². The summed E-state index contributed by atoms with van der Waals surface area (Å²) in [4.78, 5) is 10.9. The zero-order valence-corrected chi connectivity index (χ0v) is 15.2. The number of nitrogens with zero attached hydrogens (tertiary/aromatic N) is 5. The standard InChI is InChI=1S/C21H21N5O/c1-27-15-14-25-16-20(21(24-25)18-6-2-4-10-23-18)26-13-5-3-7-19(26)17-8-11-22-12-9-17/h2-12,16H,13-15H2,1H3. The minimum Gasteiger partial charge on any atom is -0.383 e. The lowest BCUT2D eigenvalue weighted by Crippen LogP contribution is -2.23. The molecule has 1 aliphatic heterocycles. The summed E-state index contributed by atoms with van der Waals surface area (Å²) in [7, 11) is 1.70. The van der Waals surface area contributed by atoms with E-state index in [4.69, 9.17) is 9.84 Å². The van der Waals surface area contributed by atoms with E-state index in [0.717, 1.165) is 34.9 Å². The Labute approximate surface area is 158 Å². The number of allylic oxidation sites excluding steroid dienone is 2. The molecule has 0 unspecified atom stereocenters. The van der Waals surface area contributed by atoms with Crippen LogP contribution in [0.2, 0.25) is 0 Å². The molecular weight excluding hydrogens is 338 g/mol.